The molecule has 0 N–H and O–H groups in total. The summed E-state index contributed by atoms with van der Waals surface area (Å²) in [7, 11) is 0. The van der Waals surface area contributed by atoms with Crippen molar-refractivity contribution in [3.8, 4) is 0 Å². The monoisotopic (exact) mass is 331 g/mol. The van der Waals surface area contributed by atoms with Gasteiger partial charge in [-0.25, -0.2) is 4.98 Å². The maximum absolute atomic E-state index is 5.91. The quantitative estimate of drug-likeness (QED) is 0.741. The van der Waals surface area contributed by atoms with Gasteiger partial charge < -0.3 is 9.64 Å². The molecular weight excluding hydrogens is 318 g/mol. The van der Waals surface area contributed by atoms with E-state index in [1.54, 1.807) is 6.20 Å². The van der Waals surface area contributed by atoms with E-state index in [1.165, 1.54) is 19.3 Å². The Hall–Kier alpha value is -0.390. The molecular formula is C12H15BrClN3O. The third kappa shape index (κ3) is 2.36. The molecule has 0 radical (unpaired) electrons. The largest absolute Gasteiger partial charge is 0.374 e. The number of halogens is 2. The van der Waals surface area contributed by atoms with Gasteiger partial charge in [0, 0.05) is 12.7 Å². The average molecular weight is 333 g/mol. The Morgan fingerprint density at radius 3 is 3.11 bits per heavy atom. The zero-order valence-corrected chi connectivity index (χ0v) is 12.3. The van der Waals surface area contributed by atoms with Crippen molar-refractivity contribution in [2.75, 3.05) is 18.1 Å². The summed E-state index contributed by atoms with van der Waals surface area (Å²) in [5.74, 6) is 0.898. The summed E-state index contributed by atoms with van der Waals surface area (Å²) in [6, 6.07) is 0.426. The second-order valence-corrected chi connectivity index (χ2v) is 5.96. The van der Waals surface area contributed by atoms with E-state index in [2.05, 4.69) is 30.8 Å². The highest BCUT2D eigenvalue weighted by molar-refractivity contribution is 9.10. The van der Waals surface area contributed by atoms with Gasteiger partial charge in [0.1, 0.15) is 5.82 Å². The Balaban J connectivity index is 1.91. The van der Waals surface area contributed by atoms with Crippen molar-refractivity contribution in [3.63, 3.8) is 0 Å². The third-order valence-electron chi connectivity index (χ3n) is 3.70. The maximum atomic E-state index is 5.91. The number of morpholine rings is 1. The van der Waals surface area contributed by atoms with Gasteiger partial charge >= 0.3 is 0 Å². The predicted molar refractivity (Wildman–Crippen MR) is 74.1 cm³/mol. The van der Waals surface area contributed by atoms with Crippen LogP contribution in [0.1, 0.15) is 25.7 Å². The first-order valence-corrected chi connectivity index (χ1v) is 7.49. The van der Waals surface area contributed by atoms with Gasteiger partial charge in [-0.1, -0.05) is 12.8 Å². The van der Waals surface area contributed by atoms with Gasteiger partial charge in [0.15, 0.2) is 0 Å². The molecule has 18 heavy (non-hydrogen) atoms. The minimum Gasteiger partial charge on any atom is -0.374 e. The van der Waals surface area contributed by atoms with Gasteiger partial charge in [-0.3, -0.25) is 0 Å². The fraction of sp³-hybridized carbons (Fsp3) is 0.667. The first kappa shape index (κ1) is 12.6. The van der Waals surface area contributed by atoms with E-state index in [0.717, 1.165) is 29.9 Å². The Labute approximate surface area is 120 Å². The first-order valence-electron chi connectivity index (χ1n) is 6.32. The van der Waals surface area contributed by atoms with E-state index in [-0.39, 0.29) is 0 Å². The fourth-order valence-corrected chi connectivity index (χ4v) is 3.45. The summed E-state index contributed by atoms with van der Waals surface area (Å²) in [5, 5.41) is 0.298. The number of fused-ring (bicyclic) bond motifs is 1. The summed E-state index contributed by atoms with van der Waals surface area (Å²) in [4.78, 5) is 10.7. The van der Waals surface area contributed by atoms with Crippen LogP contribution in [0, 0.1) is 0 Å². The molecule has 3 rings (SSSR count). The lowest BCUT2D eigenvalue weighted by molar-refractivity contribution is -0.00905. The van der Waals surface area contributed by atoms with Crippen LogP contribution in [0.25, 0.3) is 0 Å². The fourth-order valence-electron chi connectivity index (χ4n) is 2.90. The van der Waals surface area contributed by atoms with E-state index in [9.17, 15) is 0 Å². The standard InChI is InChI=1S/C12H15BrClN3O/c13-8-7-15-12(14)16-11(8)17-5-6-18-10-4-2-1-3-9(10)17/h7,9-10H,1-6H2. The van der Waals surface area contributed by atoms with Gasteiger partial charge in [0.05, 0.1) is 23.2 Å². The van der Waals surface area contributed by atoms with Crippen molar-refractivity contribution in [1.29, 1.82) is 0 Å². The number of hydrogen-bond acceptors (Lipinski definition) is 4. The highest BCUT2D eigenvalue weighted by Gasteiger charge is 2.35. The van der Waals surface area contributed by atoms with Crippen LogP contribution < -0.4 is 4.90 Å². The van der Waals surface area contributed by atoms with Crippen LogP contribution in [-0.4, -0.2) is 35.3 Å². The number of hydrogen-bond donors (Lipinski definition) is 0. The van der Waals surface area contributed by atoms with Crippen LogP contribution in [0.15, 0.2) is 10.7 Å². The van der Waals surface area contributed by atoms with Crippen LogP contribution in [0.2, 0.25) is 5.28 Å². The van der Waals surface area contributed by atoms with E-state index < -0.39 is 0 Å². The molecule has 1 saturated heterocycles. The molecule has 98 valence electrons. The van der Waals surface area contributed by atoms with Gasteiger partial charge in [-0.15, -0.1) is 0 Å². The summed E-state index contributed by atoms with van der Waals surface area (Å²) in [6.07, 6.45) is 6.90. The zero-order valence-electron chi connectivity index (χ0n) is 9.98. The molecule has 1 saturated carbocycles. The number of ether oxygens (including phenoxy) is 1. The van der Waals surface area contributed by atoms with E-state index in [4.69, 9.17) is 16.3 Å². The van der Waals surface area contributed by atoms with E-state index in [1.807, 2.05) is 0 Å². The number of nitrogens with zero attached hydrogens (tertiary/aromatic N) is 3. The Kier molecular flexibility index (Phi) is 3.73. The van der Waals surface area contributed by atoms with Crippen molar-refractivity contribution in [2.45, 2.75) is 37.8 Å². The Morgan fingerprint density at radius 1 is 1.39 bits per heavy atom. The first-order chi connectivity index (χ1) is 8.75. The molecule has 2 unspecified atom stereocenters. The molecule has 1 aromatic heterocycles. The molecule has 0 spiro atoms. The lowest BCUT2D eigenvalue weighted by atomic mass is 9.90. The lowest BCUT2D eigenvalue weighted by Crippen LogP contribution is -2.53. The van der Waals surface area contributed by atoms with Crippen molar-refractivity contribution in [1.82, 2.24) is 9.97 Å². The maximum Gasteiger partial charge on any atom is 0.224 e. The van der Waals surface area contributed by atoms with Gasteiger partial charge in [0.25, 0.3) is 0 Å². The normalized spacial score (nSPS) is 28.0. The molecule has 2 atom stereocenters. The number of rotatable bonds is 1. The SMILES string of the molecule is Clc1ncc(Br)c(N2CCOC3CCCCC32)n1. The Morgan fingerprint density at radius 2 is 2.22 bits per heavy atom. The molecule has 2 aliphatic rings. The highest BCUT2D eigenvalue weighted by atomic mass is 79.9. The van der Waals surface area contributed by atoms with Crippen LogP contribution in [0.5, 0.6) is 0 Å². The average Bonchev–Trinajstić information content (AvgIpc) is 2.41. The van der Waals surface area contributed by atoms with Crippen LogP contribution in [0.3, 0.4) is 0 Å². The molecule has 1 aliphatic carbocycles. The summed E-state index contributed by atoms with van der Waals surface area (Å²) >= 11 is 9.43. The highest BCUT2D eigenvalue weighted by Crippen LogP contribution is 2.34. The smallest absolute Gasteiger partial charge is 0.224 e. The molecule has 1 aromatic rings. The van der Waals surface area contributed by atoms with Crippen molar-refractivity contribution in [3.05, 3.63) is 16.0 Å². The van der Waals surface area contributed by atoms with Crippen molar-refractivity contribution in [2.24, 2.45) is 0 Å². The minimum atomic E-state index is 0.298. The second kappa shape index (κ2) is 5.31. The van der Waals surface area contributed by atoms with Crippen LogP contribution in [-0.2, 0) is 4.74 Å². The second-order valence-electron chi connectivity index (χ2n) is 4.77. The van der Waals surface area contributed by atoms with E-state index >= 15 is 0 Å². The minimum absolute atomic E-state index is 0.298. The van der Waals surface area contributed by atoms with Gasteiger partial charge in [-0.2, -0.15) is 4.98 Å². The third-order valence-corrected chi connectivity index (χ3v) is 4.44. The predicted octanol–water partition coefficient (Wildman–Crippen LogP) is 3.04. The number of anilines is 1. The molecule has 4 nitrogen and oxygen atoms in total. The lowest BCUT2D eigenvalue weighted by Gasteiger charge is -2.44. The molecule has 1 aliphatic heterocycles. The summed E-state index contributed by atoms with van der Waals surface area (Å²) in [6.45, 7) is 1.63. The van der Waals surface area contributed by atoms with Crippen LogP contribution >= 0.6 is 27.5 Å². The Bertz CT molecular complexity index is 443. The topological polar surface area (TPSA) is 38.2 Å². The van der Waals surface area contributed by atoms with Crippen molar-refractivity contribution >= 4 is 33.3 Å². The molecule has 0 aromatic carbocycles. The summed E-state index contributed by atoms with van der Waals surface area (Å²) < 4.78 is 6.77. The molecule has 0 amide bonds. The van der Waals surface area contributed by atoms with Gasteiger partial charge in [-0.05, 0) is 40.4 Å². The number of aromatic nitrogens is 2. The molecule has 2 heterocycles. The molecule has 2 fully saturated rings. The van der Waals surface area contributed by atoms with Crippen molar-refractivity contribution < 1.29 is 4.74 Å². The summed E-state index contributed by atoms with van der Waals surface area (Å²) in [5.41, 5.74) is 0. The molecule has 6 heteroatoms. The molecule has 0 bridgehead atoms. The van der Waals surface area contributed by atoms with E-state index in [0.29, 0.717) is 17.4 Å². The van der Waals surface area contributed by atoms with Crippen LogP contribution in [0.4, 0.5) is 5.82 Å². The van der Waals surface area contributed by atoms with Gasteiger partial charge in [0.2, 0.25) is 5.28 Å². The zero-order chi connectivity index (χ0) is 12.5.